The number of carbonyl (C=O) groups is 2. The molecule has 19 heavy (non-hydrogen) atoms. The summed E-state index contributed by atoms with van der Waals surface area (Å²) in [6, 6.07) is 2.05. The number of nitrogens with zero attached hydrogens (tertiary/aromatic N) is 1. The fourth-order valence-electron chi connectivity index (χ4n) is 1.35. The van der Waals surface area contributed by atoms with Gasteiger partial charge in [-0.1, -0.05) is 11.6 Å². The molecule has 1 aromatic rings. The van der Waals surface area contributed by atoms with Crippen LogP contribution >= 0.6 is 11.6 Å². The SMILES string of the molecule is O=C(O)CC(Nc1cc(Cl)ccc1[N+](=O)[O-])C(=O)O. The molecular formula is C10H9ClN2O6. The highest BCUT2D eigenvalue weighted by Gasteiger charge is 2.24. The molecule has 0 aromatic heterocycles. The number of aliphatic carboxylic acids is 2. The first-order chi connectivity index (χ1) is 8.81. The number of hydrogen-bond donors (Lipinski definition) is 3. The molecule has 102 valence electrons. The first-order valence-corrected chi connectivity index (χ1v) is 5.34. The van der Waals surface area contributed by atoms with E-state index in [0.717, 1.165) is 12.1 Å². The van der Waals surface area contributed by atoms with Gasteiger partial charge in [-0.05, 0) is 12.1 Å². The lowest BCUT2D eigenvalue weighted by Gasteiger charge is -2.13. The number of hydrogen-bond acceptors (Lipinski definition) is 5. The second-order valence-electron chi connectivity index (χ2n) is 3.55. The molecule has 0 spiro atoms. The van der Waals surface area contributed by atoms with Gasteiger partial charge in [-0.3, -0.25) is 14.9 Å². The van der Waals surface area contributed by atoms with Crippen LogP contribution in [0.2, 0.25) is 5.02 Å². The zero-order chi connectivity index (χ0) is 14.6. The van der Waals surface area contributed by atoms with Gasteiger partial charge >= 0.3 is 11.9 Å². The van der Waals surface area contributed by atoms with E-state index in [4.69, 9.17) is 21.8 Å². The van der Waals surface area contributed by atoms with Gasteiger partial charge in [-0.15, -0.1) is 0 Å². The van der Waals surface area contributed by atoms with Gasteiger partial charge in [0.2, 0.25) is 0 Å². The summed E-state index contributed by atoms with van der Waals surface area (Å²) in [6.45, 7) is 0. The maximum atomic E-state index is 10.9. The molecule has 8 nitrogen and oxygen atoms in total. The molecule has 0 fully saturated rings. The third-order valence-corrected chi connectivity index (χ3v) is 2.40. The van der Waals surface area contributed by atoms with Gasteiger partial charge in [-0.2, -0.15) is 0 Å². The fraction of sp³-hybridized carbons (Fsp3) is 0.200. The molecule has 0 bridgehead atoms. The number of carboxylic acids is 2. The van der Waals surface area contributed by atoms with Crippen molar-refractivity contribution in [2.24, 2.45) is 0 Å². The minimum Gasteiger partial charge on any atom is -0.481 e. The summed E-state index contributed by atoms with van der Waals surface area (Å²) in [5.74, 6) is -2.78. The molecule has 1 unspecified atom stereocenters. The van der Waals surface area contributed by atoms with E-state index in [2.05, 4.69) is 5.32 Å². The van der Waals surface area contributed by atoms with Gasteiger partial charge in [0.05, 0.1) is 11.3 Å². The van der Waals surface area contributed by atoms with Gasteiger partial charge in [0.25, 0.3) is 5.69 Å². The average Bonchev–Trinajstić information content (AvgIpc) is 2.26. The zero-order valence-corrected chi connectivity index (χ0v) is 10.1. The molecule has 0 amide bonds. The molecule has 1 aromatic carbocycles. The maximum Gasteiger partial charge on any atom is 0.326 e. The van der Waals surface area contributed by atoms with Crippen LogP contribution in [0.4, 0.5) is 11.4 Å². The van der Waals surface area contributed by atoms with E-state index in [9.17, 15) is 19.7 Å². The van der Waals surface area contributed by atoms with Crippen LogP contribution in [0.15, 0.2) is 18.2 Å². The molecule has 0 heterocycles. The minimum absolute atomic E-state index is 0.147. The number of benzene rings is 1. The van der Waals surface area contributed by atoms with E-state index in [-0.39, 0.29) is 16.4 Å². The van der Waals surface area contributed by atoms with Crippen molar-refractivity contribution in [3.8, 4) is 0 Å². The van der Waals surface area contributed by atoms with Gasteiger partial charge in [0, 0.05) is 11.1 Å². The number of anilines is 1. The quantitative estimate of drug-likeness (QED) is 0.535. The summed E-state index contributed by atoms with van der Waals surface area (Å²) in [5.41, 5.74) is -0.535. The lowest BCUT2D eigenvalue weighted by Crippen LogP contribution is -2.32. The van der Waals surface area contributed by atoms with Gasteiger partial charge in [0.1, 0.15) is 11.7 Å². The zero-order valence-electron chi connectivity index (χ0n) is 9.37. The Morgan fingerprint density at radius 1 is 1.42 bits per heavy atom. The van der Waals surface area contributed by atoms with Crippen molar-refractivity contribution in [1.29, 1.82) is 0 Å². The number of rotatable bonds is 6. The summed E-state index contributed by atoms with van der Waals surface area (Å²) >= 11 is 5.66. The molecule has 0 aliphatic rings. The highest BCUT2D eigenvalue weighted by molar-refractivity contribution is 6.31. The van der Waals surface area contributed by atoms with E-state index in [1.54, 1.807) is 0 Å². The number of halogens is 1. The van der Waals surface area contributed by atoms with Crippen molar-refractivity contribution in [3.63, 3.8) is 0 Å². The van der Waals surface area contributed by atoms with Gasteiger partial charge in [-0.25, -0.2) is 4.79 Å². The number of nitro groups is 1. The Bertz CT molecular complexity index is 533. The molecule has 0 saturated carbocycles. The first kappa shape index (κ1) is 14.7. The van der Waals surface area contributed by atoms with Crippen molar-refractivity contribution < 1.29 is 24.7 Å². The summed E-state index contributed by atoms with van der Waals surface area (Å²) in [6.07, 6.45) is -0.723. The summed E-state index contributed by atoms with van der Waals surface area (Å²) in [7, 11) is 0. The van der Waals surface area contributed by atoms with E-state index in [0.29, 0.717) is 0 Å². The van der Waals surface area contributed by atoms with Crippen LogP contribution in [0.1, 0.15) is 6.42 Å². The number of nitro benzene ring substituents is 1. The van der Waals surface area contributed by atoms with Crippen LogP contribution in [0.5, 0.6) is 0 Å². The summed E-state index contributed by atoms with van der Waals surface area (Å²) in [4.78, 5) is 31.4. The third kappa shape index (κ3) is 4.11. The molecule has 0 radical (unpaired) electrons. The van der Waals surface area contributed by atoms with Crippen LogP contribution in [-0.4, -0.2) is 33.1 Å². The van der Waals surface area contributed by atoms with E-state index in [1.165, 1.54) is 6.07 Å². The predicted octanol–water partition coefficient (Wildman–Crippen LogP) is 1.59. The Morgan fingerprint density at radius 2 is 2.05 bits per heavy atom. The number of carboxylic acid groups (broad SMARTS) is 2. The Kier molecular flexibility index (Phi) is 4.65. The number of nitrogens with one attached hydrogen (secondary N) is 1. The lowest BCUT2D eigenvalue weighted by atomic mass is 10.2. The Balaban J connectivity index is 3.07. The maximum absolute atomic E-state index is 10.9. The molecule has 1 atom stereocenters. The second-order valence-corrected chi connectivity index (χ2v) is 3.99. The highest BCUT2D eigenvalue weighted by Crippen LogP contribution is 2.28. The highest BCUT2D eigenvalue weighted by atomic mass is 35.5. The first-order valence-electron chi connectivity index (χ1n) is 4.96. The van der Waals surface area contributed by atoms with Crippen molar-refractivity contribution in [2.75, 3.05) is 5.32 Å². The summed E-state index contributed by atoms with van der Waals surface area (Å²) in [5, 5.41) is 30.7. The molecular weight excluding hydrogens is 280 g/mol. The second kappa shape index (κ2) is 6.01. The Hall–Kier alpha value is -2.35. The van der Waals surface area contributed by atoms with Gasteiger partial charge < -0.3 is 15.5 Å². The average molecular weight is 289 g/mol. The van der Waals surface area contributed by atoms with Crippen molar-refractivity contribution in [2.45, 2.75) is 12.5 Å². The predicted molar refractivity (Wildman–Crippen MR) is 65.4 cm³/mol. The van der Waals surface area contributed by atoms with Crippen molar-refractivity contribution in [3.05, 3.63) is 33.3 Å². The molecule has 9 heteroatoms. The molecule has 0 aliphatic heterocycles. The van der Waals surface area contributed by atoms with Crippen LogP contribution < -0.4 is 5.32 Å². The third-order valence-electron chi connectivity index (χ3n) is 2.16. The molecule has 1 rings (SSSR count). The molecule has 0 saturated heterocycles. The standard InChI is InChI=1S/C10H9ClN2O6/c11-5-1-2-8(13(18)19)6(3-5)12-7(10(16)17)4-9(14)15/h1-3,7,12H,4H2,(H,14,15)(H,16,17). The topological polar surface area (TPSA) is 130 Å². The van der Waals surface area contributed by atoms with Gasteiger partial charge in [0.15, 0.2) is 0 Å². The lowest BCUT2D eigenvalue weighted by molar-refractivity contribution is -0.384. The Labute approximate surface area is 111 Å². The van der Waals surface area contributed by atoms with E-state index >= 15 is 0 Å². The van der Waals surface area contributed by atoms with Crippen LogP contribution in [0.3, 0.4) is 0 Å². The Morgan fingerprint density at radius 3 is 2.53 bits per heavy atom. The van der Waals surface area contributed by atoms with Crippen molar-refractivity contribution >= 4 is 34.9 Å². The minimum atomic E-state index is -1.49. The smallest absolute Gasteiger partial charge is 0.326 e. The van der Waals surface area contributed by atoms with Crippen molar-refractivity contribution in [1.82, 2.24) is 0 Å². The van der Waals surface area contributed by atoms with Crippen LogP contribution in [0, 0.1) is 10.1 Å². The molecule has 0 aliphatic carbocycles. The van der Waals surface area contributed by atoms with Crippen LogP contribution in [0.25, 0.3) is 0 Å². The van der Waals surface area contributed by atoms with E-state index < -0.39 is 29.3 Å². The van der Waals surface area contributed by atoms with Crippen LogP contribution in [-0.2, 0) is 9.59 Å². The normalized spacial score (nSPS) is 11.6. The fourth-order valence-corrected chi connectivity index (χ4v) is 1.52. The monoisotopic (exact) mass is 288 g/mol. The molecule has 3 N–H and O–H groups in total. The van der Waals surface area contributed by atoms with E-state index in [1.807, 2.05) is 0 Å². The summed E-state index contributed by atoms with van der Waals surface area (Å²) < 4.78 is 0. The largest absolute Gasteiger partial charge is 0.481 e.